The van der Waals surface area contributed by atoms with Crippen LogP contribution in [0.4, 0.5) is 5.69 Å². The molecule has 0 atom stereocenters. The second-order valence-electron chi connectivity index (χ2n) is 7.44. The molecule has 1 heterocycles. The van der Waals surface area contributed by atoms with Crippen molar-refractivity contribution in [2.75, 3.05) is 18.2 Å². The molecule has 0 spiro atoms. The van der Waals surface area contributed by atoms with Crippen molar-refractivity contribution in [1.82, 2.24) is 14.8 Å². The third-order valence-electron chi connectivity index (χ3n) is 5.09. The summed E-state index contributed by atoms with van der Waals surface area (Å²) in [6, 6.07) is 24.6. The van der Waals surface area contributed by atoms with Crippen molar-refractivity contribution in [2.24, 2.45) is 0 Å². The zero-order valence-electron chi connectivity index (χ0n) is 19.0. The van der Waals surface area contributed by atoms with E-state index in [2.05, 4.69) is 21.6 Å². The number of carbonyl (C=O) groups is 1. The van der Waals surface area contributed by atoms with Crippen LogP contribution in [0, 0.1) is 11.3 Å². The molecule has 1 aromatic heterocycles. The first-order chi connectivity index (χ1) is 17.2. The zero-order chi connectivity index (χ0) is 24.5. The summed E-state index contributed by atoms with van der Waals surface area (Å²) in [6.45, 7) is 0.299. The number of hydrogen-bond donors (Lipinski definition) is 1. The van der Waals surface area contributed by atoms with Crippen molar-refractivity contribution >= 4 is 23.4 Å². The quantitative estimate of drug-likeness (QED) is 0.326. The lowest BCUT2D eigenvalue weighted by atomic mass is 10.1. The number of para-hydroxylation sites is 1. The topological polar surface area (TPSA) is 102 Å². The average molecular weight is 486 g/mol. The molecule has 0 aliphatic carbocycles. The number of methoxy groups -OCH3 is 1. The maximum absolute atomic E-state index is 12.7. The number of amides is 1. The Hall–Kier alpha value is -4.29. The molecular formula is C26H23N5O3S. The largest absolute Gasteiger partial charge is 0.497 e. The molecule has 4 rings (SSSR count). The molecule has 1 amide bonds. The standard InChI is InChI=1S/C26H23N5O3S/c1-33-22-12-8-21(9-13-22)31-18-28-30-26(31)35-17-25(32)29-24-5-3-2-4-20(24)16-34-23-10-6-19(7-11-23)14-15-27/h2-13,18H,14,16-17H2,1H3,(H,29,32). The molecule has 1 N–H and O–H groups in total. The third-order valence-corrected chi connectivity index (χ3v) is 6.03. The number of nitrogens with one attached hydrogen (secondary N) is 1. The Morgan fingerprint density at radius 2 is 1.80 bits per heavy atom. The van der Waals surface area contributed by atoms with E-state index < -0.39 is 0 Å². The van der Waals surface area contributed by atoms with Crippen LogP contribution < -0.4 is 14.8 Å². The fourth-order valence-corrected chi connectivity index (χ4v) is 4.01. The Bertz CT molecular complexity index is 1310. The fourth-order valence-electron chi connectivity index (χ4n) is 3.28. The second kappa shape index (κ2) is 11.7. The van der Waals surface area contributed by atoms with Gasteiger partial charge in [-0.2, -0.15) is 5.26 Å². The van der Waals surface area contributed by atoms with Gasteiger partial charge in [0.2, 0.25) is 5.91 Å². The molecule has 0 aliphatic rings. The monoisotopic (exact) mass is 485 g/mol. The van der Waals surface area contributed by atoms with Crippen molar-refractivity contribution in [2.45, 2.75) is 18.2 Å². The minimum atomic E-state index is -0.160. The minimum Gasteiger partial charge on any atom is -0.497 e. The summed E-state index contributed by atoms with van der Waals surface area (Å²) in [6.07, 6.45) is 1.98. The van der Waals surface area contributed by atoms with Gasteiger partial charge in [-0.1, -0.05) is 42.1 Å². The van der Waals surface area contributed by atoms with Crippen LogP contribution in [-0.2, 0) is 17.8 Å². The van der Waals surface area contributed by atoms with Gasteiger partial charge < -0.3 is 14.8 Å². The van der Waals surface area contributed by atoms with Crippen LogP contribution in [-0.4, -0.2) is 33.5 Å². The molecule has 0 aliphatic heterocycles. The summed E-state index contributed by atoms with van der Waals surface area (Å²) in [5.41, 5.74) is 3.36. The molecule has 176 valence electrons. The first-order valence-electron chi connectivity index (χ1n) is 10.8. The Morgan fingerprint density at radius 1 is 1.06 bits per heavy atom. The average Bonchev–Trinajstić information content (AvgIpc) is 3.37. The highest BCUT2D eigenvalue weighted by molar-refractivity contribution is 7.99. The molecule has 8 nitrogen and oxygen atoms in total. The molecule has 0 unspecified atom stereocenters. The number of aromatic nitrogens is 3. The van der Waals surface area contributed by atoms with Gasteiger partial charge >= 0.3 is 0 Å². The van der Waals surface area contributed by atoms with Crippen molar-refractivity contribution in [1.29, 1.82) is 5.26 Å². The van der Waals surface area contributed by atoms with Gasteiger partial charge in [-0.05, 0) is 48.0 Å². The van der Waals surface area contributed by atoms with E-state index in [1.165, 1.54) is 11.8 Å². The Balaban J connectivity index is 1.34. The molecular weight excluding hydrogens is 462 g/mol. The second-order valence-corrected chi connectivity index (χ2v) is 8.39. The predicted molar refractivity (Wildman–Crippen MR) is 134 cm³/mol. The van der Waals surface area contributed by atoms with Crippen molar-refractivity contribution in [3.8, 4) is 23.3 Å². The van der Waals surface area contributed by atoms with Crippen LogP contribution in [0.1, 0.15) is 11.1 Å². The first-order valence-corrected chi connectivity index (χ1v) is 11.8. The number of anilines is 1. The van der Waals surface area contributed by atoms with E-state index in [9.17, 15) is 4.79 Å². The van der Waals surface area contributed by atoms with Gasteiger partial charge in [-0.15, -0.1) is 10.2 Å². The molecule has 0 fully saturated rings. The molecule has 9 heteroatoms. The Morgan fingerprint density at radius 3 is 2.54 bits per heavy atom. The molecule has 3 aromatic carbocycles. The Labute approximate surface area is 207 Å². The van der Waals surface area contributed by atoms with Crippen molar-refractivity contribution in [3.05, 3.63) is 90.3 Å². The summed E-state index contributed by atoms with van der Waals surface area (Å²) in [5.74, 6) is 1.47. The van der Waals surface area contributed by atoms with Crippen LogP contribution in [0.3, 0.4) is 0 Å². The lowest BCUT2D eigenvalue weighted by Gasteiger charge is -2.12. The van der Waals surface area contributed by atoms with Gasteiger partial charge in [0.05, 0.1) is 25.4 Å². The highest BCUT2D eigenvalue weighted by Gasteiger charge is 2.12. The van der Waals surface area contributed by atoms with E-state index in [-0.39, 0.29) is 11.7 Å². The van der Waals surface area contributed by atoms with Crippen LogP contribution in [0.5, 0.6) is 11.5 Å². The van der Waals surface area contributed by atoms with E-state index in [1.807, 2.05) is 77.4 Å². The number of ether oxygens (including phenoxy) is 2. The summed E-state index contributed by atoms with van der Waals surface area (Å²) in [4.78, 5) is 12.7. The van der Waals surface area contributed by atoms with Gasteiger partial charge in [0, 0.05) is 16.9 Å². The van der Waals surface area contributed by atoms with Gasteiger partial charge in [-0.25, -0.2) is 0 Å². The summed E-state index contributed by atoms with van der Waals surface area (Å²) < 4.78 is 12.9. The number of nitrogens with zero attached hydrogens (tertiary/aromatic N) is 4. The number of thioether (sulfide) groups is 1. The molecule has 35 heavy (non-hydrogen) atoms. The van der Waals surface area contributed by atoms with Crippen LogP contribution in [0.25, 0.3) is 5.69 Å². The maximum atomic E-state index is 12.7. The van der Waals surface area contributed by atoms with Gasteiger partial charge in [0.1, 0.15) is 24.4 Å². The maximum Gasteiger partial charge on any atom is 0.234 e. The number of hydrogen-bond acceptors (Lipinski definition) is 7. The third kappa shape index (κ3) is 6.40. The fraction of sp³-hybridized carbons (Fsp3) is 0.154. The molecule has 0 saturated carbocycles. The predicted octanol–water partition coefficient (Wildman–Crippen LogP) is 4.65. The number of nitriles is 1. The Kier molecular flexibility index (Phi) is 7.99. The smallest absolute Gasteiger partial charge is 0.234 e. The lowest BCUT2D eigenvalue weighted by Crippen LogP contribution is -2.16. The van der Waals surface area contributed by atoms with Crippen LogP contribution in [0.2, 0.25) is 0 Å². The zero-order valence-corrected chi connectivity index (χ0v) is 19.9. The molecule has 4 aromatic rings. The SMILES string of the molecule is COc1ccc(-n2cnnc2SCC(=O)Nc2ccccc2COc2ccc(CC#N)cc2)cc1. The van der Waals surface area contributed by atoms with E-state index in [0.717, 1.165) is 22.6 Å². The lowest BCUT2D eigenvalue weighted by molar-refractivity contribution is -0.113. The van der Waals surface area contributed by atoms with Gasteiger partial charge in [-0.3, -0.25) is 9.36 Å². The number of carbonyl (C=O) groups excluding carboxylic acids is 1. The molecule has 0 radical (unpaired) electrons. The first kappa shape index (κ1) is 23.9. The van der Waals surface area contributed by atoms with E-state index in [0.29, 0.717) is 29.6 Å². The summed E-state index contributed by atoms with van der Waals surface area (Å²) in [7, 11) is 1.62. The van der Waals surface area contributed by atoms with Crippen molar-refractivity contribution < 1.29 is 14.3 Å². The number of benzene rings is 3. The van der Waals surface area contributed by atoms with E-state index in [1.54, 1.807) is 13.4 Å². The number of rotatable bonds is 10. The van der Waals surface area contributed by atoms with Crippen molar-refractivity contribution in [3.63, 3.8) is 0 Å². The minimum absolute atomic E-state index is 0.160. The van der Waals surface area contributed by atoms with Crippen LogP contribution in [0.15, 0.2) is 84.3 Å². The van der Waals surface area contributed by atoms with E-state index in [4.69, 9.17) is 14.7 Å². The summed E-state index contributed by atoms with van der Waals surface area (Å²) >= 11 is 1.30. The normalized spacial score (nSPS) is 10.4. The van der Waals surface area contributed by atoms with E-state index >= 15 is 0 Å². The van der Waals surface area contributed by atoms with Gasteiger partial charge in [0.25, 0.3) is 0 Å². The van der Waals surface area contributed by atoms with Crippen LogP contribution >= 0.6 is 11.8 Å². The summed E-state index contributed by atoms with van der Waals surface area (Å²) in [5, 5.41) is 20.5. The molecule has 0 saturated heterocycles. The van der Waals surface area contributed by atoms with Gasteiger partial charge in [0.15, 0.2) is 5.16 Å². The highest BCUT2D eigenvalue weighted by Crippen LogP contribution is 2.23. The molecule has 0 bridgehead atoms. The highest BCUT2D eigenvalue weighted by atomic mass is 32.2.